The average molecular weight is 438 g/mol. The van der Waals surface area contributed by atoms with Gasteiger partial charge in [-0.1, -0.05) is 25.1 Å². The molecule has 1 fully saturated rings. The fourth-order valence-corrected chi connectivity index (χ4v) is 4.09. The van der Waals surface area contributed by atoms with Gasteiger partial charge in [0.15, 0.2) is 0 Å². The van der Waals surface area contributed by atoms with Gasteiger partial charge in [-0.25, -0.2) is 18.7 Å². The van der Waals surface area contributed by atoms with Gasteiger partial charge in [0, 0.05) is 37.0 Å². The SMILES string of the molecule is C[C@@H]1CNCCC1NCc1cccc(-c2ccnc(NCCc3cc(F)cc(F)c3)n2)c1. The fraction of sp³-hybridized carbons (Fsp3) is 0.360. The second-order valence-electron chi connectivity index (χ2n) is 8.38. The molecule has 0 radical (unpaired) electrons. The number of hydrogen-bond donors (Lipinski definition) is 3. The summed E-state index contributed by atoms with van der Waals surface area (Å²) < 4.78 is 26.7. The van der Waals surface area contributed by atoms with Crippen molar-refractivity contribution in [3.63, 3.8) is 0 Å². The summed E-state index contributed by atoms with van der Waals surface area (Å²) in [4.78, 5) is 8.88. The van der Waals surface area contributed by atoms with E-state index in [9.17, 15) is 8.78 Å². The Hall–Kier alpha value is -2.90. The molecule has 0 aliphatic carbocycles. The first-order valence-corrected chi connectivity index (χ1v) is 11.1. The Morgan fingerprint density at radius 2 is 1.91 bits per heavy atom. The zero-order valence-electron chi connectivity index (χ0n) is 18.2. The minimum absolute atomic E-state index is 0.471. The fourth-order valence-electron chi connectivity index (χ4n) is 4.09. The summed E-state index contributed by atoms with van der Waals surface area (Å²) in [5.74, 6) is -0.0257. The van der Waals surface area contributed by atoms with Gasteiger partial charge in [0.1, 0.15) is 11.6 Å². The van der Waals surface area contributed by atoms with Crippen LogP contribution in [0.2, 0.25) is 0 Å². The highest BCUT2D eigenvalue weighted by atomic mass is 19.1. The van der Waals surface area contributed by atoms with Crippen LogP contribution < -0.4 is 16.0 Å². The minimum Gasteiger partial charge on any atom is -0.354 e. The topological polar surface area (TPSA) is 61.9 Å². The molecule has 1 aliphatic rings. The molecule has 5 nitrogen and oxygen atoms in total. The summed E-state index contributed by atoms with van der Waals surface area (Å²) in [5, 5.41) is 10.3. The van der Waals surface area contributed by atoms with Gasteiger partial charge < -0.3 is 16.0 Å². The molecule has 1 aromatic heterocycles. The third kappa shape index (κ3) is 6.08. The van der Waals surface area contributed by atoms with Crippen LogP contribution in [-0.2, 0) is 13.0 Å². The molecule has 168 valence electrons. The van der Waals surface area contributed by atoms with E-state index in [4.69, 9.17) is 0 Å². The van der Waals surface area contributed by atoms with E-state index in [0.29, 0.717) is 36.4 Å². The molecule has 0 amide bonds. The molecule has 1 unspecified atom stereocenters. The number of aromatic nitrogens is 2. The first-order valence-electron chi connectivity index (χ1n) is 11.1. The van der Waals surface area contributed by atoms with Crippen LogP contribution in [0.15, 0.2) is 54.7 Å². The van der Waals surface area contributed by atoms with Gasteiger partial charge in [0.2, 0.25) is 5.95 Å². The van der Waals surface area contributed by atoms with E-state index in [1.807, 2.05) is 18.2 Å². The van der Waals surface area contributed by atoms with Crippen LogP contribution in [0.25, 0.3) is 11.3 Å². The first-order chi connectivity index (χ1) is 15.6. The molecule has 3 N–H and O–H groups in total. The molecule has 0 saturated carbocycles. The minimum atomic E-state index is -0.567. The zero-order valence-corrected chi connectivity index (χ0v) is 18.2. The van der Waals surface area contributed by atoms with Crippen molar-refractivity contribution in [1.29, 1.82) is 0 Å². The normalized spacial score (nSPS) is 18.5. The van der Waals surface area contributed by atoms with Crippen LogP contribution in [0.1, 0.15) is 24.5 Å². The molecule has 2 atom stereocenters. The number of hydrogen-bond acceptors (Lipinski definition) is 5. The lowest BCUT2D eigenvalue weighted by Gasteiger charge is -2.30. The summed E-state index contributed by atoms with van der Waals surface area (Å²) in [6.45, 7) is 5.70. The summed E-state index contributed by atoms with van der Waals surface area (Å²) in [6, 6.07) is 14.3. The highest BCUT2D eigenvalue weighted by molar-refractivity contribution is 5.60. The average Bonchev–Trinajstić information content (AvgIpc) is 2.78. The lowest BCUT2D eigenvalue weighted by molar-refractivity contribution is 0.295. The Morgan fingerprint density at radius 3 is 2.72 bits per heavy atom. The molecule has 2 aromatic carbocycles. The first kappa shape index (κ1) is 22.3. The van der Waals surface area contributed by atoms with E-state index in [0.717, 1.165) is 43.4 Å². The molecule has 4 rings (SSSR count). The maximum Gasteiger partial charge on any atom is 0.223 e. The van der Waals surface area contributed by atoms with Crippen molar-refractivity contribution in [3.05, 3.63) is 77.5 Å². The Labute approximate surface area is 187 Å². The molecule has 1 aliphatic heterocycles. The molecule has 7 heteroatoms. The lowest BCUT2D eigenvalue weighted by atomic mass is 9.95. The Morgan fingerprint density at radius 1 is 1.06 bits per heavy atom. The van der Waals surface area contributed by atoms with Crippen LogP contribution >= 0.6 is 0 Å². The molecular weight excluding hydrogens is 408 g/mol. The molecule has 2 heterocycles. The molecule has 0 bridgehead atoms. The van der Waals surface area contributed by atoms with Crippen molar-refractivity contribution in [2.24, 2.45) is 5.92 Å². The molecule has 3 aromatic rings. The summed E-state index contributed by atoms with van der Waals surface area (Å²) >= 11 is 0. The Kier molecular flexibility index (Phi) is 7.39. The van der Waals surface area contributed by atoms with Gasteiger partial charge in [0.05, 0.1) is 5.69 Å². The highest BCUT2D eigenvalue weighted by Crippen LogP contribution is 2.20. The maximum absolute atomic E-state index is 13.3. The number of nitrogens with zero attached hydrogens (tertiary/aromatic N) is 2. The van der Waals surface area contributed by atoms with Crippen LogP contribution in [0.4, 0.5) is 14.7 Å². The van der Waals surface area contributed by atoms with Crippen molar-refractivity contribution in [2.45, 2.75) is 32.4 Å². The van der Waals surface area contributed by atoms with Gasteiger partial charge in [-0.2, -0.15) is 0 Å². The van der Waals surface area contributed by atoms with Gasteiger partial charge in [-0.05, 0) is 67.2 Å². The maximum atomic E-state index is 13.3. The number of anilines is 1. The zero-order chi connectivity index (χ0) is 22.3. The number of halogens is 2. The van der Waals surface area contributed by atoms with Gasteiger partial charge in [-0.3, -0.25) is 0 Å². The monoisotopic (exact) mass is 437 g/mol. The van der Waals surface area contributed by atoms with Crippen molar-refractivity contribution in [1.82, 2.24) is 20.6 Å². The van der Waals surface area contributed by atoms with E-state index < -0.39 is 11.6 Å². The van der Waals surface area contributed by atoms with E-state index in [2.05, 4.69) is 45.0 Å². The number of piperidine rings is 1. The highest BCUT2D eigenvalue weighted by Gasteiger charge is 2.20. The van der Waals surface area contributed by atoms with Crippen LogP contribution in [0, 0.1) is 17.6 Å². The summed E-state index contributed by atoms with van der Waals surface area (Å²) in [6.07, 6.45) is 3.33. The third-order valence-corrected chi connectivity index (χ3v) is 5.85. The second kappa shape index (κ2) is 10.6. The van der Waals surface area contributed by atoms with E-state index in [-0.39, 0.29) is 0 Å². The van der Waals surface area contributed by atoms with Crippen LogP contribution in [0.3, 0.4) is 0 Å². The predicted octanol–water partition coefficient (Wildman–Crippen LogP) is 4.16. The third-order valence-electron chi connectivity index (χ3n) is 5.85. The van der Waals surface area contributed by atoms with E-state index >= 15 is 0 Å². The summed E-state index contributed by atoms with van der Waals surface area (Å²) in [7, 11) is 0. The van der Waals surface area contributed by atoms with E-state index in [1.165, 1.54) is 17.7 Å². The van der Waals surface area contributed by atoms with Crippen molar-refractivity contribution < 1.29 is 8.78 Å². The standard InChI is InChI=1S/C25H29F2N5/c1-17-15-28-8-6-23(17)31-16-19-3-2-4-20(11-19)24-7-10-30-25(32-24)29-9-5-18-12-21(26)14-22(27)13-18/h2-4,7,10-14,17,23,28,31H,5-6,8-9,15-16H2,1H3,(H,29,30,32)/t17-,23?/m1/s1. The molecule has 0 spiro atoms. The number of nitrogens with one attached hydrogen (secondary N) is 3. The van der Waals surface area contributed by atoms with Gasteiger partial charge in [0.25, 0.3) is 0 Å². The van der Waals surface area contributed by atoms with Gasteiger partial charge >= 0.3 is 0 Å². The van der Waals surface area contributed by atoms with Crippen molar-refractivity contribution >= 4 is 5.95 Å². The van der Waals surface area contributed by atoms with Crippen LogP contribution in [-0.4, -0.2) is 35.6 Å². The smallest absolute Gasteiger partial charge is 0.223 e. The van der Waals surface area contributed by atoms with Crippen LogP contribution in [0.5, 0.6) is 0 Å². The second-order valence-corrected chi connectivity index (χ2v) is 8.38. The number of rotatable bonds is 8. The Balaban J connectivity index is 1.36. The number of benzene rings is 2. The largest absolute Gasteiger partial charge is 0.354 e. The Bertz CT molecular complexity index is 1020. The summed E-state index contributed by atoms with van der Waals surface area (Å²) in [5.41, 5.74) is 3.67. The molecule has 1 saturated heterocycles. The molecular formula is C25H29F2N5. The van der Waals surface area contributed by atoms with E-state index in [1.54, 1.807) is 6.20 Å². The van der Waals surface area contributed by atoms with Crippen molar-refractivity contribution in [3.8, 4) is 11.3 Å². The van der Waals surface area contributed by atoms with Gasteiger partial charge in [-0.15, -0.1) is 0 Å². The van der Waals surface area contributed by atoms with Crippen molar-refractivity contribution in [2.75, 3.05) is 25.0 Å². The lowest BCUT2D eigenvalue weighted by Crippen LogP contribution is -2.45. The quantitative estimate of drug-likeness (QED) is 0.494. The molecule has 32 heavy (non-hydrogen) atoms. The predicted molar refractivity (Wildman–Crippen MR) is 123 cm³/mol.